The number of thiazole rings is 1. The van der Waals surface area contributed by atoms with Crippen LogP contribution >= 0.6 is 11.3 Å². The molecule has 0 N–H and O–H groups in total. The van der Waals surface area contributed by atoms with Crippen molar-refractivity contribution in [1.29, 1.82) is 5.26 Å². The van der Waals surface area contributed by atoms with Gasteiger partial charge in [0.1, 0.15) is 22.9 Å². The van der Waals surface area contributed by atoms with Crippen LogP contribution in [0.2, 0.25) is 0 Å². The smallest absolute Gasteiger partial charge is 0.271 e. The zero-order chi connectivity index (χ0) is 20.0. The third-order valence-electron chi connectivity index (χ3n) is 4.65. The predicted octanol–water partition coefficient (Wildman–Crippen LogP) is 2.90. The third kappa shape index (κ3) is 2.58. The van der Waals surface area contributed by atoms with E-state index in [0.717, 1.165) is 15.4 Å². The zero-order valence-electron chi connectivity index (χ0n) is 15.4. The van der Waals surface area contributed by atoms with Crippen molar-refractivity contribution in [2.24, 2.45) is 7.05 Å². The standard InChI is InChI=1S/C19H15N5O3S/c1-4-24-18(25)12(10(2)13(9-20)19(24)26)7-11-8-14-16(27-11)22-15(23(14)3)17-21-5-6-28-17/h5-8H,4H2,1-3H3/b12-7-. The maximum absolute atomic E-state index is 12.7. The first-order valence-corrected chi connectivity index (χ1v) is 9.39. The Balaban J connectivity index is 1.81. The van der Waals surface area contributed by atoms with E-state index in [0.29, 0.717) is 22.9 Å². The summed E-state index contributed by atoms with van der Waals surface area (Å²) in [6.45, 7) is 3.47. The molecule has 3 aromatic heterocycles. The number of imidazole rings is 1. The molecule has 0 unspecified atom stereocenters. The maximum Gasteiger partial charge on any atom is 0.271 e. The number of carbonyl (C=O) groups is 2. The van der Waals surface area contributed by atoms with Gasteiger partial charge in [0.05, 0.1) is 0 Å². The highest BCUT2D eigenvalue weighted by Gasteiger charge is 2.34. The highest BCUT2D eigenvalue weighted by atomic mass is 32.1. The van der Waals surface area contributed by atoms with Crippen LogP contribution in [0.3, 0.4) is 0 Å². The molecular formula is C19H15N5O3S. The van der Waals surface area contributed by atoms with Gasteiger partial charge in [-0.2, -0.15) is 10.2 Å². The molecule has 0 bridgehead atoms. The van der Waals surface area contributed by atoms with Crippen LogP contribution in [0.1, 0.15) is 19.6 Å². The molecule has 28 heavy (non-hydrogen) atoms. The lowest BCUT2D eigenvalue weighted by atomic mass is 9.95. The molecule has 0 atom stereocenters. The molecule has 4 heterocycles. The normalized spacial score (nSPS) is 16.5. The van der Waals surface area contributed by atoms with Gasteiger partial charge in [0.2, 0.25) is 5.71 Å². The van der Waals surface area contributed by atoms with Crippen LogP contribution in [0.4, 0.5) is 0 Å². The average Bonchev–Trinajstić information content (AvgIpc) is 3.38. The number of amides is 2. The first-order chi connectivity index (χ1) is 13.5. The molecule has 9 heteroatoms. The van der Waals surface area contributed by atoms with Crippen molar-refractivity contribution in [2.75, 3.05) is 6.54 Å². The second-order valence-electron chi connectivity index (χ2n) is 6.20. The Morgan fingerprint density at radius 1 is 1.36 bits per heavy atom. The van der Waals surface area contributed by atoms with E-state index < -0.39 is 11.8 Å². The molecule has 0 aliphatic carbocycles. The summed E-state index contributed by atoms with van der Waals surface area (Å²) in [7, 11) is 1.86. The Labute approximate surface area is 164 Å². The van der Waals surface area contributed by atoms with E-state index in [-0.39, 0.29) is 17.7 Å². The van der Waals surface area contributed by atoms with E-state index in [2.05, 4.69) is 9.97 Å². The van der Waals surface area contributed by atoms with Crippen LogP contribution in [0, 0.1) is 11.3 Å². The van der Waals surface area contributed by atoms with Crippen molar-refractivity contribution >= 4 is 40.5 Å². The van der Waals surface area contributed by atoms with E-state index in [1.54, 1.807) is 32.2 Å². The summed E-state index contributed by atoms with van der Waals surface area (Å²) in [6, 6.07) is 3.67. The quantitative estimate of drug-likeness (QED) is 0.500. The van der Waals surface area contributed by atoms with Crippen molar-refractivity contribution in [3.05, 3.63) is 40.1 Å². The summed E-state index contributed by atoms with van der Waals surface area (Å²) >= 11 is 1.48. The molecule has 140 valence electrons. The number of furan rings is 1. The molecule has 0 saturated heterocycles. The number of carbonyl (C=O) groups excluding carboxylic acids is 2. The Morgan fingerprint density at radius 2 is 2.14 bits per heavy atom. The number of hydrogen-bond acceptors (Lipinski definition) is 7. The third-order valence-corrected chi connectivity index (χ3v) is 5.42. The fraction of sp³-hybridized carbons (Fsp3) is 0.211. The van der Waals surface area contributed by atoms with E-state index >= 15 is 0 Å². The lowest BCUT2D eigenvalue weighted by Crippen LogP contribution is -2.42. The SMILES string of the molecule is CCN1C(=O)C(C#N)=C(C)/C(=C/c2cc3c(nc(-c4nccs4)n3C)o2)C1=O. The molecular weight excluding hydrogens is 378 g/mol. The summed E-state index contributed by atoms with van der Waals surface area (Å²) in [5, 5.41) is 12.0. The lowest BCUT2D eigenvalue weighted by Gasteiger charge is -2.25. The fourth-order valence-corrected chi connectivity index (χ4v) is 3.81. The highest BCUT2D eigenvalue weighted by molar-refractivity contribution is 7.13. The topological polar surface area (TPSA) is 105 Å². The van der Waals surface area contributed by atoms with Crippen LogP contribution in [0.25, 0.3) is 28.1 Å². The Kier molecular flexibility index (Phi) is 4.20. The lowest BCUT2D eigenvalue weighted by molar-refractivity contribution is -0.140. The summed E-state index contributed by atoms with van der Waals surface area (Å²) in [6.07, 6.45) is 3.26. The van der Waals surface area contributed by atoms with Crippen LogP contribution in [-0.2, 0) is 16.6 Å². The van der Waals surface area contributed by atoms with Gasteiger partial charge in [-0.25, -0.2) is 4.98 Å². The molecule has 8 nitrogen and oxygen atoms in total. The molecule has 3 aromatic rings. The van der Waals surface area contributed by atoms with E-state index in [1.165, 1.54) is 11.3 Å². The van der Waals surface area contributed by atoms with Crippen molar-refractivity contribution in [1.82, 2.24) is 19.4 Å². The number of imide groups is 1. The van der Waals surface area contributed by atoms with E-state index in [1.807, 2.05) is 23.1 Å². The maximum atomic E-state index is 12.7. The minimum atomic E-state index is -0.566. The second kappa shape index (κ2) is 6.58. The van der Waals surface area contributed by atoms with Gasteiger partial charge in [0.25, 0.3) is 11.8 Å². The van der Waals surface area contributed by atoms with Gasteiger partial charge in [-0.15, -0.1) is 11.3 Å². The Bertz CT molecular complexity index is 1220. The molecule has 2 amide bonds. The first kappa shape index (κ1) is 17.9. The van der Waals surface area contributed by atoms with Crippen LogP contribution < -0.4 is 0 Å². The predicted molar refractivity (Wildman–Crippen MR) is 103 cm³/mol. The van der Waals surface area contributed by atoms with Crippen LogP contribution in [-0.4, -0.2) is 37.8 Å². The van der Waals surface area contributed by atoms with Gasteiger partial charge in [-0.3, -0.25) is 14.5 Å². The highest BCUT2D eigenvalue weighted by Crippen LogP contribution is 2.30. The molecule has 4 rings (SSSR count). The molecule has 0 radical (unpaired) electrons. The molecule has 0 saturated carbocycles. The number of aryl methyl sites for hydroxylation is 1. The largest absolute Gasteiger partial charge is 0.437 e. The number of aromatic nitrogens is 3. The van der Waals surface area contributed by atoms with Gasteiger partial charge in [-0.1, -0.05) is 0 Å². The van der Waals surface area contributed by atoms with Gasteiger partial charge in [0, 0.05) is 36.8 Å². The van der Waals surface area contributed by atoms with E-state index in [9.17, 15) is 14.9 Å². The minimum absolute atomic E-state index is 0.0343. The molecule has 0 spiro atoms. The Morgan fingerprint density at radius 3 is 2.75 bits per heavy atom. The van der Waals surface area contributed by atoms with Crippen molar-refractivity contribution in [3.8, 4) is 16.9 Å². The first-order valence-electron chi connectivity index (χ1n) is 8.51. The number of rotatable bonds is 3. The van der Waals surface area contributed by atoms with Crippen molar-refractivity contribution in [2.45, 2.75) is 13.8 Å². The molecule has 1 aliphatic rings. The minimum Gasteiger partial charge on any atom is -0.437 e. The van der Waals surface area contributed by atoms with Crippen molar-refractivity contribution < 1.29 is 14.0 Å². The summed E-state index contributed by atoms with van der Waals surface area (Å²) in [5.74, 6) is 0.108. The van der Waals surface area contributed by atoms with E-state index in [4.69, 9.17) is 4.42 Å². The van der Waals surface area contributed by atoms with Crippen LogP contribution in [0.15, 0.2) is 38.8 Å². The van der Waals surface area contributed by atoms with Crippen molar-refractivity contribution in [3.63, 3.8) is 0 Å². The zero-order valence-corrected chi connectivity index (χ0v) is 16.2. The molecule has 1 aliphatic heterocycles. The number of hydrogen-bond donors (Lipinski definition) is 0. The van der Waals surface area contributed by atoms with Gasteiger partial charge in [-0.05, 0) is 25.5 Å². The second-order valence-corrected chi connectivity index (χ2v) is 7.09. The summed E-state index contributed by atoms with van der Waals surface area (Å²) in [4.78, 5) is 34.8. The fourth-order valence-electron chi connectivity index (χ4n) is 3.15. The van der Waals surface area contributed by atoms with Crippen LogP contribution in [0.5, 0.6) is 0 Å². The monoisotopic (exact) mass is 393 g/mol. The summed E-state index contributed by atoms with van der Waals surface area (Å²) < 4.78 is 7.67. The van der Waals surface area contributed by atoms with Gasteiger partial charge >= 0.3 is 0 Å². The van der Waals surface area contributed by atoms with Gasteiger partial charge < -0.3 is 8.98 Å². The average molecular weight is 393 g/mol. The Hall–Kier alpha value is -3.51. The van der Waals surface area contributed by atoms with Gasteiger partial charge in [0.15, 0.2) is 10.8 Å². The molecule has 0 aromatic carbocycles. The number of nitrogens with zero attached hydrogens (tertiary/aromatic N) is 5. The number of nitriles is 1. The number of likely N-dealkylation sites (N-methyl/N-ethyl adjacent to an activating group) is 1. The molecule has 0 fully saturated rings. The number of fused-ring (bicyclic) bond motifs is 1. The summed E-state index contributed by atoms with van der Waals surface area (Å²) in [5.41, 5.74) is 1.75.